The van der Waals surface area contributed by atoms with E-state index >= 15 is 0 Å². The molecule has 3 nitrogen and oxygen atoms in total. The number of hydrogen-bond donors (Lipinski definition) is 1. The van der Waals surface area contributed by atoms with Crippen molar-refractivity contribution in [3.8, 4) is 0 Å². The van der Waals surface area contributed by atoms with Gasteiger partial charge in [-0.05, 0) is 32.7 Å². The van der Waals surface area contributed by atoms with E-state index in [1.165, 1.54) is 25.8 Å². The quantitative estimate of drug-likeness (QED) is 0.510. The summed E-state index contributed by atoms with van der Waals surface area (Å²) in [5.41, 5.74) is 0. The smallest absolute Gasteiger partial charge is 0.0691 e. The standard InChI is InChI=1S/C9H20N2O/c1-9-5-2-3-6-11(9)7-4-8-12-10/h9H,2-8,10H2,1H3. The highest BCUT2D eigenvalue weighted by molar-refractivity contribution is 4.72. The lowest BCUT2D eigenvalue weighted by Crippen LogP contribution is -2.38. The Kier molecular flexibility index (Phi) is 4.58. The Morgan fingerprint density at radius 3 is 3.00 bits per heavy atom. The van der Waals surface area contributed by atoms with Gasteiger partial charge in [-0.2, -0.15) is 0 Å². The first-order valence-electron chi connectivity index (χ1n) is 4.90. The van der Waals surface area contributed by atoms with Crippen LogP contribution >= 0.6 is 0 Å². The van der Waals surface area contributed by atoms with Gasteiger partial charge in [0.05, 0.1) is 6.61 Å². The molecule has 0 spiro atoms. The van der Waals surface area contributed by atoms with Gasteiger partial charge < -0.3 is 9.74 Å². The lowest BCUT2D eigenvalue weighted by Gasteiger charge is -2.33. The minimum Gasteiger partial charge on any atom is -0.305 e. The molecule has 1 heterocycles. The second kappa shape index (κ2) is 5.51. The summed E-state index contributed by atoms with van der Waals surface area (Å²) in [5, 5.41) is 0. The van der Waals surface area contributed by atoms with Crippen molar-refractivity contribution in [2.24, 2.45) is 5.90 Å². The normalized spacial score (nSPS) is 26.0. The molecular weight excluding hydrogens is 152 g/mol. The largest absolute Gasteiger partial charge is 0.305 e. The van der Waals surface area contributed by atoms with Crippen molar-refractivity contribution in [3.05, 3.63) is 0 Å². The highest BCUT2D eigenvalue weighted by atomic mass is 16.6. The summed E-state index contributed by atoms with van der Waals surface area (Å²) in [7, 11) is 0. The van der Waals surface area contributed by atoms with E-state index in [0.29, 0.717) is 6.61 Å². The molecule has 0 amide bonds. The van der Waals surface area contributed by atoms with Gasteiger partial charge in [0.2, 0.25) is 0 Å². The Hall–Kier alpha value is -0.120. The lowest BCUT2D eigenvalue weighted by molar-refractivity contribution is 0.105. The lowest BCUT2D eigenvalue weighted by atomic mass is 10.0. The fourth-order valence-electron chi connectivity index (χ4n) is 1.84. The van der Waals surface area contributed by atoms with Crippen LogP contribution in [0.1, 0.15) is 32.6 Å². The maximum Gasteiger partial charge on any atom is 0.0691 e. The van der Waals surface area contributed by atoms with Crippen molar-refractivity contribution in [1.29, 1.82) is 0 Å². The maximum atomic E-state index is 4.96. The molecule has 0 aromatic rings. The molecular formula is C9H20N2O. The molecule has 1 unspecified atom stereocenters. The zero-order valence-electron chi connectivity index (χ0n) is 7.96. The van der Waals surface area contributed by atoms with E-state index in [0.717, 1.165) is 19.0 Å². The Balaban J connectivity index is 2.11. The Morgan fingerprint density at radius 1 is 1.50 bits per heavy atom. The van der Waals surface area contributed by atoms with E-state index in [1.54, 1.807) is 0 Å². The maximum absolute atomic E-state index is 4.96. The minimum absolute atomic E-state index is 0.684. The third-order valence-corrected chi connectivity index (χ3v) is 2.65. The van der Waals surface area contributed by atoms with Crippen LogP contribution in [0.2, 0.25) is 0 Å². The summed E-state index contributed by atoms with van der Waals surface area (Å²) in [6, 6.07) is 0.761. The second-order valence-corrected chi connectivity index (χ2v) is 3.61. The summed E-state index contributed by atoms with van der Waals surface area (Å²) in [6.45, 7) is 5.38. The first-order valence-corrected chi connectivity index (χ1v) is 4.90. The van der Waals surface area contributed by atoms with Gasteiger partial charge in [0.1, 0.15) is 0 Å². The van der Waals surface area contributed by atoms with Gasteiger partial charge in [0, 0.05) is 12.6 Å². The van der Waals surface area contributed by atoms with Crippen molar-refractivity contribution in [2.45, 2.75) is 38.6 Å². The average Bonchev–Trinajstić information content (AvgIpc) is 2.09. The van der Waals surface area contributed by atoms with Crippen molar-refractivity contribution in [1.82, 2.24) is 4.90 Å². The molecule has 1 saturated heterocycles. The summed E-state index contributed by atoms with van der Waals surface area (Å²) in [4.78, 5) is 7.07. The summed E-state index contributed by atoms with van der Waals surface area (Å²) >= 11 is 0. The molecule has 0 saturated carbocycles. The minimum atomic E-state index is 0.684. The third kappa shape index (κ3) is 3.09. The van der Waals surface area contributed by atoms with E-state index in [2.05, 4.69) is 16.7 Å². The molecule has 3 heteroatoms. The van der Waals surface area contributed by atoms with Crippen LogP contribution in [0.5, 0.6) is 0 Å². The SMILES string of the molecule is CC1CCCCN1CCCON. The van der Waals surface area contributed by atoms with Crippen LogP contribution in [0.25, 0.3) is 0 Å². The molecule has 2 N–H and O–H groups in total. The molecule has 1 atom stereocenters. The van der Waals surface area contributed by atoms with E-state index in [1.807, 2.05) is 0 Å². The average molecular weight is 172 g/mol. The van der Waals surface area contributed by atoms with Gasteiger partial charge >= 0.3 is 0 Å². The number of hydrogen-bond acceptors (Lipinski definition) is 3. The molecule has 0 radical (unpaired) electrons. The molecule has 1 fully saturated rings. The first kappa shape index (κ1) is 9.96. The molecule has 0 aromatic heterocycles. The molecule has 0 aliphatic carbocycles. The molecule has 1 aliphatic heterocycles. The monoisotopic (exact) mass is 172 g/mol. The van der Waals surface area contributed by atoms with Gasteiger partial charge in [-0.15, -0.1) is 0 Å². The highest BCUT2D eigenvalue weighted by Gasteiger charge is 2.16. The van der Waals surface area contributed by atoms with Crippen LogP contribution in [0.3, 0.4) is 0 Å². The van der Waals surface area contributed by atoms with Crippen molar-refractivity contribution < 1.29 is 4.84 Å². The Morgan fingerprint density at radius 2 is 2.33 bits per heavy atom. The Labute approximate surface area is 74.8 Å². The number of likely N-dealkylation sites (tertiary alicyclic amines) is 1. The van der Waals surface area contributed by atoms with Crippen LogP contribution in [-0.4, -0.2) is 30.6 Å². The number of nitrogens with two attached hydrogens (primary N) is 1. The molecule has 72 valence electrons. The number of piperidine rings is 1. The van der Waals surface area contributed by atoms with Crippen molar-refractivity contribution in [3.63, 3.8) is 0 Å². The van der Waals surface area contributed by atoms with Crippen LogP contribution in [0, 0.1) is 0 Å². The predicted octanol–water partition coefficient (Wildman–Crippen LogP) is 1.14. The molecule has 1 aliphatic rings. The fraction of sp³-hybridized carbons (Fsp3) is 1.00. The van der Waals surface area contributed by atoms with Gasteiger partial charge in [-0.25, -0.2) is 5.90 Å². The number of nitrogens with zero attached hydrogens (tertiary/aromatic N) is 1. The van der Waals surface area contributed by atoms with Gasteiger partial charge in [0.25, 0.3) is 0 Å². The predicted molar refractivity (Wildman–Crippen MR) is 49.6 cm³/mol. The van der Waals surface area contributed by atoms with E-state index in [4.69, 9.17) is 5.90 Å². The van der Waals surface area contributed by atoms with E-state index in [-0.39, 0.29) is 0 Å². The van der Waals surface area contributed by atoms with Crippen LogP contribution < -0.4 is 5.90 Å². The highest BCUT2D eigenvalue weighted by Crippen LogP contribution is 2.15. The van der Waals surface area contributed by atoms with E-state index in [9.17, 15) is 0 Å². The summed E-state index contributed by atoms with van der Waals surface area (Å²) in [6.07, 6.45) is 5.16. The van der Waals surface area contributed by atoms with Crippen molar-refractivity contribution >= 4 is 0 Å². The summed E-state index contributed by atoms with van der Waals surface area (Å²) < 4.78 is 0. The van der Waals surface area contributed by atoms with Crippen LogP contribution in [0.15, 0.2) is 0 Å². The second-order valence-electron chi connectivity index (χ2n) is 3.61. The van der Waals surface area contributed by atoms with Crippen LogP contribution in [0.4, 0.5) is 0 Å². The fourth-order valence-corrected chi connectivity index (χ4v) is 1.84. The molecule has 0 bridgehead atoms. The molecule has 1 rings (SSSR count). The molecule has 12 heavy (non-hydrogen) atoms. The zero-order chi connectivity index (χ0) is 8.81. The summed E-state index contributed by atoms with van der Waals surface area (Å²) in [5.74, 6) is 4.96. The Bertz CT molecular complexity index is 119. The molecule has 0 aromatic carbocycles. The zero-order valence-corrected chi connectivity index (χ0v) is 7.96. The van der Waals surface area contributed by atoms with Gasteiger partial charge in [-0.3, -0.25) is 0 Å². The number of rotatable bonds is 4. The first-order chi connectivity index (χ1) is 5.84. The van der Waals surface area contributed by atoms with E-state index < -0.39 is 0 Å². The van der Waals surface area contributed by atoms with Crippen molar-refractivity contribution in [2.75, 3.05) is 19.7 Å². The third-order valence-electron chi connectivity index (χ3n) is 2.65. The van der Waals surface area contributed by atoms with Crippen LogP contribution in [-0.2, 0) is 4.84 Å². The van der Waals surface area contributed by atoms with Gasteiger partial charge in [-0.1, -0.05) is 6.42 Å². The van der Waals surface area contributed by atoms with Gasteiger partial charge in [0.15, 0.2) is 0 Å². The topological polar surface area (TPSA) is 38.5 Å².